The molecule has 1 aliphatic heterocycles. The number of aromatic hydroxyl groups is 1. The summed E-state index contributed by atoms with van der Waals surface area (Å²) in [6, 6.07) is 11.8. The van der Waals surface area contributed by atoms with E-state index in [1.54, 1.807) is 49.5 Å². The minimum atomic E-state index is -0.538. The Bertz CT molecular complexity index is 1500. The van der Waals surface area contributed by atoms with Crippen molar-refractivity contribution in [3.8, 4) is 17.0 Å². The van der Waals surface area contributed by atoms with Crippen molar-refractivity contribution in [3.05, 3.63) is 84.6 Å². The monoisotopic (exact) mass is 471 g/mol. The first kappa shape index (κ1) is 20.9. The summed E-state index contributed by atoms with van der Waals surface area (Å²) in [5.74, 6) is 0.139. The van der Waals surface area contributed by atoms with E-state index >= 15 is 0 Å². The molecule has 0 radical (unpaired) electrons. The summed E-state index contributed by atoms with van der Waals surface area (Å²) >= 11 is 12.7. The molecular weight excluding hydrogens is 453 g/mol. The summed E-state index contributed by atoms with van der Waals surface area (Å²) in [6.07, 6.45) is -0.538. The van der Waals surface area contributed by atoms with Crippen LogP contribution in [0.2, 0.25) is 10.0 Å². The lowest BCUT2D eigenvalue weighted by atomic mass is 10.0. The van der Waals surface area contributed by atoms with Gasteiger partial charge < -0.3 is 14.4 Å². The van der Waals surface area contributed by atoms with Crippen molar-refractivity contribution in [2.24, 2.45) is 14.1 Å². The van der Waals surface area contributed by atoms with Gasteiger partial charge in [0, 0.05) is 31.2 Å². The van der Waals surface area contributed by atoms with Gasteiger partial charge in [0.05, 0.1) is 33.9 Å². The minimum absolute atomic E-state index is 0.139. The summed E-state index contributed by atoms with van der Waals surface area (Å²) in [7, 11) is 3.10. The zero-order valence-corrected chi connectivity index (χ0v) is 18.8. The highest BCUT2D eigenvalue weighted by Crippen LogP contribution is 2.42. The number of phenols is 1. The maximum atomic E-state index is 13.4. The summed E-state index contributed by atoms with van der Waals surface area (Å²) in [6.45, 7) is 0.871. The van der Waals surface area contributed by atoms with Crippen molar-refractivity contribution in [3.63, 3.8) is 0 Å². The van der Waals surface area contributed by atoms with Crippen LogP contribution in [0, 0.1) is 0 Å². The van der Waals surface area contributed by atoms with Gasteiger partial charge >= 0.3 is 5.69 Å². The summed E-state index contributed by atoms with van der Waals surface area (Å²) in [4.78, 5) is 26.2. The predicted molar refractivity (Wildman–Crippen MR) is 124 cm³/mol. The van der Waals surface area contributed by atoms with Crippen molar-refractivity contribution < 1.29 is 9.84 Å². The third-order valence-corrected chi connectivity index (χ3v) is 6.48. The SMILES string of the molecule is Cn1c(=O)c2c(-c3ccc(Cl)cc3Cl)n3c(c2n(C)c1=O)C(c1ccc(O)cc1)OCC3. The van der Waals surface area contributed by atoms with E-state index in [-0.39, 0.29) is 5.75 Å². The zero-order valence-electron chi connectivity index (χ0n) is 17.3. The van der Waals surface area contributed by atoms with E-state index < -0.39 is 17.4 Å². The molecule has 3 heterocycles. The Labute approximate surface area is 192 Å². The maximum absolute atomic E-state index is 13.4. The number of phenolic OH excluding ortho intramolecular Hbond substituents is 1. The van der Waals surface area contributed by atoms with Crippen LogP contribution in [0.25, 0.3) is 22.2 Å². The first-order valence-electron chi connectivity index (χ1n) is 9.97. The lowest BCUT2D eigenvalue weighted by Crippen LogP contribution is -2.37. The van der Waals surface area contributed by atoms with Gasteiger partial charge in [-0.05, 0) is 35.9 Å². The fraction of sp³-hybridized carbons (Fsp3) is 0.217. The van der Waals surface area contributed by atoms with Crippen molar-refractivity contribution in [2.45, 2.75) is 12.6 Å². The molecule has 2 aromatic heterocycles. The van der Waals surface area contributed by atoms with Crippen LogP contribution in [0.5, 0.6) is 5.75 Å². The molecule has 1 atom stereocenters. The molecule has 0 fully saturated rings. The number of fused-ring (bicyclic) bond motifs is 3. The molecular formula is C23H19Cl2N3O4. The van der Waals surface area contributed by atoms with Gasteiger partial charge in [0.2, 0.25) is 0 Å². The number of ether oxygens (including phenoxy) is 1. The second-order valence-electron chi connectivity index (χ2n) is 7.78. The number of hydrogen-bond acceptors (Lipinski definition) is 4. The molecule has 0 aliphatic carbocycles. The molecule has 1 aliphatic rings. The van der Waals surface area contributed by atoms with E-state index in [0.717, 1.165) is 10.1 Å². The Hall–Kier alpha value is -3.00. The van der Waals surface area contributed by atoms with Gasteiger partial charge in [-0.25, -0.2) is 4.79 Å². The number of aromatic nitrogens is 3. The van der Waals surface area contributed by atoms with E-state index in [1.165, 1.54) is 11.6 Å². The van der Waals surface area contributed by atoms with Crippen LogP contribution >= 0.6 is 23.2 Å². The average Bonchev–Trinajstić information content (AvgIpc) is 3.12. The van der Waals surface area contributed by atoms with E-state index in [2.05, 4.69) is 0 Å². The minimum Gasteiger partial charge on any atom is -0.508 e. The Kier molecular flexibility index (Phi) is 4.93. The molecule has 0 saturated heterocycles. The van der Waals surface area contributed by atoms with Crippen molar-refractivity contribution in [1.82, 2.24) is 13.7 Å². The second-order valence-corrected chi connectivity index (χ2v) is 8.63. The van der Waals surface area contributed by atoms with Crippen LogP contribution in [-0.4, -0.2) is 25.4 Å². The largest absolute Gasteiger partial charge is 0.508 e. The number of rotatable bonds is 2. The number of benzene rings is 2. The number of nitrogens with zero attached hydrogens (tertiary/aromatic N) is 3. The Morgan fingerprint density at radius 2 is 1.75 bits per heavy atom. The van der Waals surface area contributed by atoms with E-state index in [0.29, 0.717) is 51.1 Å². The van der Waals surface area contributed by atoms with E-state index in [9.17, 15) is 14.7 Å². The van der Waals surface area contributed by atoms with E-state index in [1.807, 2.05) is 4.57 Å². The van der Waals surface area contributed by atoms with Crippen molar-refractivity contribution in [1.29, 1.82) is 0 Å². The fourth-order valence-corrected chi connectivity index (χ4v) is 4.94. The highest BCUT2D eigenvalue weighted by Gasteiger charge is 2.33. The van der Waals surface area contributed by atoms with Gasteiger partial charge in [-0.1, -0.05) is 35.3 Å². The molecule has 32 heavy (non-hydrogen) atoms. The number of hydrogen-bond donors (Lipinski definition) is 1. The van der Waals surface area contributed by atoms with Gasteiger partial charge in [0.15, 0.2) is 0 Å². The first-order valence-corrected chi connectivity index (χ1v) is 10.7. The van der Waals surface area contributed by atoms with Crippen LogP contribution in [0.4, 0.5) is 0 Å². The maximum Gasteiger partial charge on any atom is 0.331 e. The highest BCUT2D eigenvalue weighted by molar-refractivity contribution is 6.36. The second kappa shape index (κ2) is 7.55. The molecule has 0 saturated carbocycles. The standard InChI is InChI=1S/C23H19Cl2N3O4/c1-26-19-17(22(30)27(2)23(26)31)18(15-8-5-13(24)11-16(15)25)28-9-10-32-21(20(19)28)12-3-6-14(29)7-4-12/h3-8,11,21,29H,9-10H2,1-2H3. The quantitative estimate of drug-likeness (QED) is 0.481. The third kappa shape index (κ3) is 3.00. The Morgan fingerprint density at radius 3 is 2.44 bits per heavy atom. The summed E-state index contributed by atoms with van der Waals surface area (Å²) in [5, 5.41) is 11.0. The normalized spacial score (nSPS) is 15.8. The van der Waals surface area contributed by atoms with Gasteiger partial charge in [-0.2, -0.15) is 0 Å². The Balaban J connectivity index is 1.95. The highest BCUT2D eigenvalue weighted by atomic mass is 35.5. The molecule has 5 rings (SSSR count). The molecule has 1 unspecified atom stereocenters. The van der Waals surface area contributed by atoms with Crippen molar-refractivity contribution >= 4 is 34.1 Å². The van der Waals surface area contributed by atoms with Crippen LogP contribution in [-0.2, 0) is 25.4 Å². The summed E-state index contributed by atoms with van der Waals surface area (Å²) < 4.78 is 10.7. The molecule has 164 valence electrons. The summed E-state index contributed by atoms with van der Waals surface area (Å²) in [5.41, 5.74) is 2.42. The lowest BCUT2D eigenvalue weighted by molar-refractivity contribution is 0.0478. The zero-order chi connectivity index (χ0) is 22.7. The topological polar surface area (TPSA) is 78.4 Å². The van der Waals surface area contributed by atoms with Gasteiger partial charge in [-0.3, -0.25) is 13.9 Å². The predicted octanol–water partition coefficient (Wildman–Crippen LogP) is 3.84. The molecule has 1 N–H and O–H groups in total. The van der Waals surface area contributed by atoms with Gasteiger partial charge in [0.1, 0.15) is 11.9 Å². The molecule has 0 spiro atoms. The third-order valence-electron chi connectivity index (χ3n) is 5.93. The molecule has 2 aromatic carbocycles. The smallest absolute Gasteiger partial charge is 0.331 e. The van der Waals surface area contributed by atoms with Gasteiger partial charge in [-0.15, -0.1) is 0 Å². The molecule has 4 aromatic rings. The van der Waals surface area contributed by atoms with Crippen LogP contribution in [0.1, 0.15) is 17.4 Å². The molecule has 9 heteroatoms. The van der Waals surface area contributed by atoms with Crippen molar-refractivity contribution in [2.75, 3.05) is 6.61 Å². The molecule has 0 amide bonds. The van der Waals surface area contributed by atoms with Crippen LogP contribution < -0.4 is 11.2 Å². The van der Waals surface area contributed by atoms with E-state index in [4.69, 9.17) is 27.9 Å². The number of halogens is 2. The molecule has 0 bridgehead atoms. The lowest BCUT2D eigenvalue weighted by Gasteiger charge is -2.28. The number of aryl methyl sites for hydroxylation is 1. The molecule has 7 nitrogen and oxygen atoms in total. The van der Waals surface area contributed by atoms with Crippen LogP contribution in [0.3, 0.4) is 0 Å². The van der Waals surface area contributed by atoms with Crippen LogP contribution in [0.15, 0.2) is 52.1 Å². The Morgan fingerprint density at radius 1 is 1.03 bits per heavy atom. The first-order chi connectivity index (χ1) is 15.3. The average molecular weight is 472 g/mol. The fourth-order valence-electron chi connectivity index (χ4n) is 4.44. The van der Waals surface area contributed by atoms with Gasteiger partial charge in [0.25, 0.3) is 5.56 Å².